The van der Waals surface area contributed by atoms with Crippen molar-refractivity contribution in [2.24, 2.45) is 46.3 Å². The lowest BCUT2D eigenvalue weighted by Gasteiger charge is -2.55. The van der Waals surface area contributed by atoms with Gasteiger partial charge in [-0.15, -0.1) is 0 Å². The second-order valence-electron chi connectivity index (χ2n) is 14.5. The molecule has 4 nitrogen and oxygen atoms in total. The van der Waals surface area contributed by atoms with Crippen molar-refractivity contribution < 1.29 is 9.59 Å². The van der Waals surface area contributed by atoms with E-state index < -0.39 is 0 Å². The number of hydrogen-bond acceptors (Lipinski definition) is 2. The van der Waals surface area contributed by atoms with E-state index in [1.165, 1.54) is 38.5 Å². The van der Waals surface area contributed by atoms with Crippen LogP contribution in [0.2, 0.25) is 0 Å². The normalized spacial score (nSPS) is 39.8. The van der Waals surface area contributed by atoms with Gasteiger partial charge in [-0.1, -0.05) is 24.3 Å². The average molecular weight is 509 g/mol. The second-order valence-corrected chi connectivity index (χ2v) is 14.5. The quantitative estimate of drug-likeness (QED) is 0.435. The predicted octanol–water partition coefficient (Wildman–Crippen LogP) is 7.66. The van der Waals surface area contributed by atoms with Crippen LogP contribution in [0.3, 0.4) is 0 Å². The fraction of sp³-hybridized carbons (Fsp3) is 0.588. The third-order valence-corrected chi connectivity index (χ3v) is 11.7. The van der Waals surface area contributed by atoms with Gasteiger partial charge in [0, 0.05) is 11.4 Å². The van der Waals surface area contributed by atoms with Crippen molar-refractivity contribution in [2.75, 3.05) is 10.6 Å². The summed E-state index contributed by atoms with van der Waals surface area (Å²) in [7, 11) is 0. The van der Waals surface area contributed by atoms with Crippen LogP contribution in [-0.2, 0) is 9.59 Å². The molecule has 198 valence electrons. The zero-order valence-electron chi connectivity index (χ0n) is 22.4. The Balaban J connectivity index is 0.919. The largest absolute Gasteiger partial charge is 0.326 e. The third kappa shape index (κ3) is 3.85. The molecular weight excluding hydrogens is 468 g/mol. The second kappa shape index (κ2) is 8.44. The molecule has 2 amide bonds. The van der Waals surface area contributed by atoms with Crippen LogP contribution in [0, 0.1) is 46.3 Å². The van der Waals surface area contributed by atoms with Gasteiger partial charge in [0.05, 0.1) is 10.8 Å². The van der Waals surface area contributed by atoms with Crippen molar-refractivity contribution in [3.63, 3.8) is 0 Å². The molecule has 0 aromatic heterocycles. The first-order valence-corrected chi connectivity index (χ1v) is 15.3. The summed E-state index contributed by atoms with van der Waals surface area (Å²) in [5.41, 5.74) is 3.80. The summed E-state index contributed by atoms with van der Waals surface area (Å²) < 4.78 is 0. The Morgan fingerprint density at radius 1 is 0.474 bits per heavy atom. The third-order valence-electron chi connectivity index (χ3n) is 11.7. The molecule has 8 bridgehead atoms. The van der Waals surface area contributed by atoms with Crippen molar-refractivity contribution in [1.29, 1.82) is 0 Å². The first kappa shape index (κ1) is 23.3. The number of carbonyl (C=O) groups is 2. The fourth-order valence-corrected chi connectivity index (χ4v) is 10.8. The van der Waals surface area contributed by atoms with Gasteiger partial charge < -0.3 is 10.6 Å². The Morgan fingerprint density at radius 2 is 0.737 bits per heavy atom. The highest BCUT2D eigenvalue weighted by atomic mass is 16.2. The molecule has 0 saturated heterocycles. The van der Waals surface area contributed by atoms with E-state index in [1.54, 1.807) is 0 Å². The maximum Gasteiger partial charge on any atom is 0.230 e. The van der Waals surface area contributed by atoms with Crippen LogP contribution in [0.15, 0.2) is 48.5 Å². The van der Waals surface area contributed by atoms with E-state index in [2.05, 4.69) is 34.9 Å². The van der Waals surface area contributed by atoms with E-state index in [0.29, 0.717) is 0 Å². The molecule has 38 heavy (non-hydrogen) atoms. The van der Waals surface area contributed by atoms with Crippen molar-refractivity contribution in [2.45, 2.75) is 77.0 Å². The van der Waals surface area contributed by atoms with Gasteiger partial charge in [0.1, 0.15) is 0 Å². The molecule has 4 heteroatoms. The van der Waals surface area contributed by atoms with E-state index in [4.69, 9.17) is 0 Å². The minimum Gasteiger partial charge on any atom is -0.326 e. The van der Waals surface area contributed by atoms with Crippen LogP contribution in [0.1, 0.15) is 77.0 Å². The number of carbonyl (C=O) groups excluding carboxylic acids is 2. The summed E-state index contributed by atoms with van der Waals surface area (Å²) in [4.78, 5) is 26.8. The summed E-state index contributed by atoms with van der Waals surface area (Å²) in [5.74, 6) is 5.14. The highest BCUT2D eigenvalue weighted by molar-refractivity contribution is 5.96. The minimum atomic E-state index is -0.121. The monoisotopic (exact) mass is 508 g/mol. The van der Waals surface area contributed by atoms with Gasteiger partial charge in [-0.05, 0) is 148 Å². The predicted molar refractivity (Wildman–Crippen MR) is 150 cm³/mol. The van der Waals surface area contributed by atoms with Crippen LogP contribution < -0.4 is 10.6 Å². The Kier molecular flexibility index (Phi) is 5.17. The molecule has 0 heterocycles. The maximum absolute atomic E-state index is 13.4. The van der Waals surface area contributed by atoms with Gasteiger partial charge in [0.15, 0.2) is 0 Å². The molecule has 10 rings (SSSR count). The smallest absolute Gasteiger partial charge is 0.230 e. The van der Waals surface area contributed by atoms with Crippen molar-refractivity contribution >= 4 is 23.2 Å². The molecule has 0 aliphatic heterocycles. The number of rotatable bonds is 5. The molecule has 8 aliphatic rings. The molecule has 8 aliphatic carbocycles. The van der Waals surface area contributed by atoms with Crippen molar-refractivity contribution in [3.8, 4) is 11.1 Å². The Hall–Kier alpha value is -2.62. The van der Waals surface area contributed by atoms with E-state index in [1.807, 2.05) is 24.3 Å². The molecule has 8 saturated carbocycles. The molecule has 2 aromatic carbocycles. The van der Waals surface area contributed by atoms with Crippen LogP contribution in [0.25, 0.3) is 11.1 Å². The molecule has 2 aromatic rings. The lowest BCUT2D eigenvalue weighted by molar-refractivity contribution is -0.141. The Bertz CT molecular complexity index is 1090. The van der Waals surface area contributed by atoms with Crippen LogP contribution in [0.4, 0.5) is 11.4 Å². The summed E-state index contributed by atoms with van der Waals surface area (Å²) in [6, 6.07) is 16.5. The molecule has 8 fully saturated rings. The molecular formula is C34H40N2O2. The summed E-state index contributed by atoms with van der Waals surface area (Å²) in [6.07, 6.45) is 14.7. The summed E-state index contributed by atoms with van der Waals surface area (Å²) in [5, 5.41) is 6.55. The van der Waals surface area contributed by atoms with Gasteiger partial charge >= 0.3 is 0 Å². The van der Waals surface area contributed by atoms with Crippen LogP contribution >= 0.6 is 0 Å². The SMILES string of the molecule is O=C(Nc1ccc(-c2ccc(NC(=O)C34CC5CC(CC(C5)C3)C4)cc2)cc1)C12CC3CC(CC(C3)C1)C2. The van der Waals surface area contributed by atoms with Gasteiger partial charge in [0.25, 0.3) is 0 Å². The first-order valence-electron chi connectivity index (χ1n) is 15.3. The Morgan fingerprint density at radius 3 is 1.00 bits per heavy atom. The lowest BCUT2D eigenvalue weighted by Crippen LogP contribution is -2.51. The minimum absolute atomic E-state index is 0.121. The van der Waals surface area contributed by atoms with Crippen molar-refractivity contribution in [1.82, 2.24) is 0 Å². The first-order chi connectivity index (χ1) is 18.4. The molecule has 0 radical (unpaired) electrons. The topological polar surface area (TPSA) is 58.2 Å². The number of benzene rings is 2. The zero-order chi connectivity index (χ0) is 25.5. The highest BCUT2D eigenvalue weighted by Crippen LogP contribution is 2.61. The van der Waals surface area contributed by atoms with Crippen LogP contribution in [-0.4, -0.2) is 11.8 Å². The van der Waals surface area contributed by atoms with E-state index >= 15 is 0 Å². The van der Waals surface area contributed by atoms with Gasteiger partial charge in [-0.25, -0.2) is 0 Å². The van der Waals surface area contributed by atoms with E-state index in [-0.39, 0.29) is 22.6 Å². The Labute approximate surface area is 226 Å². The fourth-order valence-electron chi connectivity index (χ4n) is 10.8. The molecule has 0 unspecified atom stereocenters. The maximum atomic E-state index is 13.4. The number of amides is 2. The summed E-state index contributed by atoms with van der Waals surface area (Å²) >= 11 is 0. The molecule has 2 N–H and O–H groups in total. The highest BCUT2D eigenvalue weighted by Gasteiger charge is 2.55. The lowest BCUT2D eigenvalue weighted by atomic mass is 9.49. The number of nitrogens with one attached hydrogen (secondary N) is 2. The molecule has 0 atom stereocenters. The van der Waals surface area contributed by atoms with Crippen molar-refractivity contribution in [3.05, 3.63) is 48.5 Å². The standard InChI is InChI=1S/C34H40N2O2/c37-31(33-15-21-9-22(16-33)11-23(10-21)17-33)35-29-5-1-27(2-6-29)28-3-7-30(8-4-28)36-32(38)34-18-24-12-25(19-34)14-26(13-24)20-34/h1-8,21-26H,9-20H2,(H,35,37)(H,36,38). The molecule has 0 spiro atoms. The van der Waals surface area contributed by atoms with Gasteiger partial charge in [-0.2, -0.15) is 0 Å². The average Bonchev–Trinajstić information content (AvgIpc) is 2.88. The summed E-state index contributed by atoms with van der Waals surface area (Å²) in [6.45, 7) is 0. The van der Waals surface area contributed by atoms with Gasteiger partial charge in [0.2, 0.25) is 11.8 Å². The number of anilines is 2. The van der Waals surface area contributed by atoms with E-state index in [0.717, 1.165) is 96.5 Å². The zero-order valence-corrected chi connectivity index (χ0v) is 22.4. The number of hydrogen-bond donors (Lipinski definition) is 2. The van der Waals surface area contributed by atoms with E-state index in [9.17, 15) is 9.59 Å². The van der Waals surface area contributed by atoms with Crippen LogP contribution in [0.5, 0.6) is 0 Å². The van der Waals surface area contributed by atoms with Gasteiger partial charge in [-0.3, -0.25) is 9.59 Å².